The van der Waals surface area contributed by atoms with Gasteiger partial charge in [-0.05, 0) is 53.5 Å². The van der Waals surface area contributed by atoms with Crippen molar-refractivity contribution in [1.29, 1.82) is 0 Å². The van der Waals surface area contributed by atoms with Gasteiger partial charge in [0, 0.05) is 5.69 Å². The standard InChI is InChI=1S/C24H33NO2/c1-8-21(27-19-14-12-18(13-15-19)24(5,6)7)23(26)25-22-17(4)10-9-11-20(22)16(2)3/h9-16,21H,8H2,1-7H3,(H,25,26)/t21-/m0/s1. The third-order valence-corrected chi connectivity index (χ3v) is 4.84. The van der Waals surface area contributed by atoms with Crippen molar-refractivity contribution >= 4 is 11.6 Å². The topological polar surface area (TPSA) is 38.3 Å². The highest BCUT2D eigenvalue weighted by atomic mass is 16.5. The van der Waals surface area contributed by atoms with Crippen LogP contribution in [0.25, 0.3) is 0 Å². The third-order valence-electron chi connectivity index (χ3n) is 4.84. The number of benzene rings is 2. The highest BCUT2D eigenvalue weighted by molar-refractivity contribution is 5.95. The molecule has 0 spiro atoms. The molecule has 0 aliphatic heterocycles. The van der Waals surface area contributed by atoms with Crippen molar-refractivity contribution in [3.05, 3.63) is 59.2 Å². The fourth-order valence-electron chi connectivity index (χ4n) is 3.07. The second-order valence-electron chi connectivity index (χ2n) is 8.47. The number of aryl methyl sites for hydroxylation is 1. The van der Waals surface area contributed by atoms with Crippen LogP contribution in [0.2, 0.25) is 0 Å². The van der Waals surface area contributed by atoms with Gasteiger partial charge in [0.15, 0.2) is 6.10 Å². The van der Waals surface area contributed by atoms with Crippen LogP contribution in [-0.2, 0) is 10.2 Å². The molecule has 0 radical (unpaired) electrons. The smallest absolute Gasteiger partial charge is 0.265 e. The van der Waals surface area contributed by atoms with E-state index in [1.54, 1.807) is 0 Å². The summed E-state index contributed by atoms with van der Waals surface area (Å²) < 4.78 is 5.99. The number of anilines is 1. The van der Waals surface area contributed by atoms with Gasteiger partial charge in [-0.1, -0.05) is 71.9 Å². The maximum atomic E-state index is 12.9. The zero-order chi connectivity index (χ0) is 20.2. The normalized spacial score (nSPS) is 12.7. The first kappa shape index (κ1) is 21.0. The van der Waals surface area contributed by atoms with Gasteiger partial charge in [0.25, 0.3) is 5.91 Å². The number of rotatable bonds is 6. The molecule has 0 saturated carbocycles. The maximum absolute atomic E-state index is 12.9. The minimum Gasteiger partial charge on any atom is -0.481 e. The third kappa shape index (κ3) is 5.35. The van der Waals surface area contributed by atoms with Crippen LogP contribution >= 0.6 is 0 Å². The van der Waals surface area contributed by atoms with Crippen LogP contribution in [0.3, 0.4) is 0 Å². The van der Waals surface area contributed by atoms with Crippen LogP contribution in [0.15, 0.2) is 42.5 Å². The van der Waals surface area contributed by atoms with Crippen molar-refractivity contribution in [2.75, 3.05) is 5.32 Å². The van der Waals surface area contributed by atoms with E-state index < -0.39 is 6.10 Å². The van der Waals surface area contributed by atoms with Crippen LogP contribution in [0.4, 0.5) is 5.69 Å². The molecular weight excluding hydrogens is 334 g/mol. The SMILES string of the molecule is CC[C@H](Oc1ccc(C(C)(C)C)cc1)C(=O)Nc1c(C)cccc1C(C)C. The summed E-state index contributed by atoms with van der Waals surface area (Å²) in [5.74, 6) is 0.957. The van der Waals surface area contributed by atoms with E-state index in [4.69, 9.17) is 4.74 Å². The summed E-state index contributed by atoms with van der Waals surface area (Å²) in [6, 6.07) is 14.2. The predicted octanol–water partition coefficient (Wildman–Crippen LogP) is 6.21. The Morgan fingerprint density at radius 1 is 1.07 bits per heavy atom. The molecule has 1 amide bonds. The van der Waals surface area contributed by atoms with Crippen LogP contribution < -0.4 is 10.1 Å². The van der Waals surface area contributed by atoms with Gasteiger partial charge >= 0.3 is 0 Å². The molecule has 2 aromatic carbocycles. The summed E-state index contributed by atoms with van der Waals surface area (Å²) in [6.07, 6.45) is 0.0838. The second kappa shape index (κ2) is 8.60. The quantitative estimate of drug-likeness (QED) is 0.659. The Labute approximate surface area is 164 Å². The van der Waals surface area contributed by atoms with Gasteiger partial charge in [-0.15, -0.1) is 0 Å². The molecule has 3 nitrogen and oxygen atoms in total. The van der Waals surface area contributed by atoms with Gasteiger partial charge in [-0.3, -0.25) is 4.79 Å². The number of carbonyl (C=O) groups excluding carboxylic acids is 1. The van der Waals surface area contributed by atoms with Crippen molar-refractivity contribution in [2.45, 2.75) is 72.3 Å². The van der Waals surface area contributed by atoms with Crippen molar-refractivity contribution in [1.82, 2.24) is 0 Å². The number of nitrogens with one attached hydrogen (secondary N) is 1. The largest absolute Gasteiger partial charge is 0.481 e. The van der Waals surface area contributed by atoms with Crippen LogP contribution in [0.1, 0.15) is 70.6 Å². The molecule has 0 saturated heterocycles. The molecule has 0 aliphatic rings. The van der Waals surface area contributed by atoms with Gasteiger partial charge < -0.3 is 10.1 Å². The Balaban J connectivity index is 2.15. The molecule has 0 fully saturated rings. The molecule has 3 heteroatoms. The molecule has 0 unspecified atom stereocenters. The van der Waals surface area contributed by atoms with Crippen molar-refractivity contribution in [3.63, 3.8) is 0 Å². The molecule has 1 N–H and O–H groups in total. The predicted molar refractivity (Wildman–Crippen MR) is 114 cm³/mol. The van der Waals surface area contributed by atoms with Gasteiger partial charge in [0.2, 0.25) is 0 Å². The maximum Gasteiger partial charge on any atom is 0.265 e. The summed E-state index contributed by atoms with van der Waals surface area (Å²) in [6.45, 7) is 14.8. The lowest BCUT2D eigenvalue weighted by Gasteiger charge is -2.22. The molecule has 2 aromatic rings. The Morgan fingerprint density at radius 2 is 1.70 bits per heavy atom. The van der Waals surface area contributed by atoms with E-state index in [9.17, 15) is 4.79 Å². The number of hydrogen-bond acceptors (Lipinski definition) is 2. The van der Waals surface area contributed by atoms with Gasteiger partial charge in [0.05, 0.1) is 0 Å². The Morgan fingerprint density at radius 3 is 2.22 bits per heavy atom. The Bertz CT molecular complexity index is 770. The number of carbonyl (C=O) groups is 1. The van der Waals surface area contributed by atoms with Gasteiger partial charge in [0.1, 0.15) is 5.75 Å². The molecule has 0 aromatic heterocycles. The number of amides is 1. The average molecular weight is 368 g/mol. The molecule has 1 atom stereocenters. The van der Waals surface area contributed by atoms with Crippen molar-refractivity contribution in [3.8, 4) is 5.75 Å². The van der Waals surface area contributed by atoms with Crippen molar-refractivity contribution < 1.29 is 9.53 Å². The van der Waals surface area contributed by atoms with Crippen LogP contribution in [-0.4, -0.2) is 12.0 Å². The monoisotopic (exact) mass is 367 g/mol. The lowest BCUT2D eigenvalue weighted by molar-refractivity contribution is -0.122. The minimum atomic E-state index is -0.523. The fourth-order valence-corrected chi connectivity index (χ4v) is 3.07. The summed E-state index contributed by atoms with van der Waals surface area (Å²) in [5, 5.41) is 3.10. The van der Waals surface area contributed by atoms with E-state index in [0.29, 0.717) is 12.3 Å². The molecule has 0 heterocycles. The van der Waals surface area contributed by atoms with Gasteiger partial charge in [-0.25, -0.2) is 0 Å². The summed E-state index contributed by atoms with van der Waals surface area (Å²) in [4.78, 5) is 12.9. The molecule has 0 aliphatic carbocycles. The summed E-state index contributed by atoms with van der Waals surface area (Å²) in [7, 11) is 0. The first-order chi connectivity index (χ1) is 12.6. The number of ether oxygens (including phenoxy) is 1. The minimum absolute atomic E-state index is 0.0954. The highest BCUT2D eigenvalue weighted by Gasteiger charge is 2.21. The van der Waals surface area contributed by atoms with E-state index in [1.807, 2.05) is 38.1 Å². The summed E-state index contributed by atoms with van der Waals surface area (Å²) in [5.41, 5.74) is 4.46. The van der Waals surface area contributed by atoms with Crippen molar-refractivity contribution in [2.24, 2.45) is 0 Å². The molecule has 27 heavy (non-hydrogen) atoms. The zero-order valence-electron chi connectivity index (χ0n) is 17.7. The fraction of sp³-hybridized carbons (Fsp3) is 0.458. The first-order valence-corrected chi connectivity index (χ1v) is 9.81. The molecular formula is C24H33NO2. The van der Waals surface area contributed by atoms with E-state index >= 15 is 0 Å². The lowest BCUT2D eigenvalue weighted by atomic mass is 9.87. The first-order valence-electron chi connectivity index (χ1n) is 9.81. The lowest BCUT2D eigenvalue weighted by Crippen LogP contribution is -2.33. The molecule has 0 bridgehead atoms. The Hall–Kier alpha value is -2.29. The van der Waals surface area contributed by atoms with Crippen LogP contribution in [0, 0.1) is 6.92 Å². The van der Waals surface area contributed by atoms with E-state index in [0.717, 1.165) is 22.6 Å². The van der Waals surface area contributed by atoms with E-state index in [2.05, 4.69) is 58.1 Å². The number of hydrogen-bond donors (Lipinski definition) is 1. The van der Waals surface area contributed by atoms with Crippen LogP contribution in [0.5, 0.6) is 5.75 Å². The second-order valence-corrected chi connectivity index (χ2v) is 8.47. The molecule has 146 valence electrons. The summed E-state index contributed by atoms with van der Waals surface area (Å²) >= 11 is 0. The van der Waals surface area contributed by atoms with E-state index in [1.165, 1.54) is 5.56 Å². The van der Waals surface area contributed by atoms with Gasteiger partial charge in [-0.2, -0.15) is 0 Å². The molecule has 2 rings (SSSR count). The van der Waals surface area contributed by atoms with E-state index in [-0.39, 0.29) is 11.3 Å². The zero-order valence-corrected chi connectivity index (χ0v) is 17.7. The average Bonchev–Trinajstić information content (AvgIpc) is 2.60. The number of para-hydroxylation sites is 1. The highest BCUT2D eigenvalue weighted by Crippen LogP contribution is 2.28. The Kier molecular flexibility index (Phi) is 6.69.